The van der Waals surface area contributed by atoms with Crippen molar-refractivity contribution in [1.82, 2.24) is 4.90 Å². The summed E-state index contributed by atoms with van der Waals surface area (Å²) in [5.74, 6) is -2.80. The van der Waals surface area contributed by atoms with Crippen molar-refractivity contribution >= 4 is 34.6 Å². The van der Waals surface area contributed by atoms with E-state index in [1.165, 1.54) is 24.3 Å². The zero-order chi connectivity index (χ0) is 34.6. The van der Waals surface area contributed by atoms with Crippen LogP contribution in [0.15, 0.2) is 63.8 Å². The predicted molar refractivity (Wildman–Crippen MR) is 179 cm³/mol. The smallest absolute Gasteiger partial charge is 0.449 e. The number of benzene rings is 3. The number of hydrogen-bond donors (Lipinski definition) is 0. The summed E-state index contributed by atoms with van der Waals surface area (Å²) in [6.45, 7) is 14.6. The maximum atomic E-state index is 14.6. The number of ether oxygens (including phenoxy) is 2. The molecule has 47 heavy (non-hydrogen) atoms. The lowest BCUT2D eigenvalue weighted by Gasteiger charge is -2.27. The van der Waals surface area contributed by atoms with Crippen LogP contribution in [0.4, 0.5) is 13.2 Å². The lowest BCUT2D eigenvalue weighted by molar-refractivity contribution is -0.154. The van der Waals surface area contributed by atoms with Gasteiger partial charge in [-0.05, 0) is 85.2 Å². The van der Waals surface area contributed by atoms with Crippen molar-refractivity contribution in [3.63, 3.8) is 0 Å². The van der Waals surface area contributed by atoms with Gasteiger partial charge < -0.3 is 13.9 Å². The molecule has 1 heterocycles. The van der Waals surface area contributed by atoms with Gasteiger partial charge in [0.2, 0.25) is 11.2 Å². The molecule has 0 saturated carbocycles. The predicted octanol–water partition coefficient (Wildman–Crippen LogP) is 9.92. The lowest BCUT2D eigenvalue weighted by Crippen LogP contribution is -2.31. The van der Waals surface area contributed by atoms with E-state index in [4.69, 9.17) is 25.5 Å². The number of halogens is 4. The van der Waals surface area contributed by atoms with Gasteiger partial charge in [0.05, 0.1) is 10.9 Å². The molecule has 0 N–H and O–H groups in total. The minimum atomic E-state index is -5.08. The maximum absolute atomic E-state index is 14.6. The van der Waals surface area contributed by atoms with Gasteiger partial charge in [-0.1, -0.05) is 63.6 Å². The Morgan fingerprint density at radius 3 is 2.26 bits per heavy atom. The summed E-state index contributed by atoms with van der Waals surface area (Å²) >= 11 is 6.20. The van der Waals surface area contributed by atoms with Crippen LogP contribution < -0.4 is 14.9 Å². The zero-order valence-corrected chi connectivity index (χ0v) is 28.3. The van der Waals surface area contributed by atoms with Crippen molar-refractivity contribution in [3.8, 4) is 17.2 Å². The SMILES string of the molecule is Cc1cc(C)c(C)c(Oc2c(C(F)(F)F)oc3c(CN(CC(C)C)CC(C)C)c(OC(=O)/C=C/c4ccccc4Cl)ccc3c2=O)c1. The Morgan fingerprint density at radius 1 is 0.979 bits per heavy atom. The van der Waals surface area contributed by atoms with Crippen LogP contribution >= 0.6 is 11.6 Å². The first-order chi connectivity index (χ1) is 22.0. The molecule has 0 aliphatic heterocycles. The first-order valence-corrected chi connectivity index (χ1v) is 15.7. The lowest BCUT2D eigenvalue weighted by atomic mass is 10.0. The van der Waals surface area contributed by atoms with Gasteiger partial charge in [0, 0.05) is 30.7 Å². The largest absolute Gasteiger partial charge is 0.453 e. The molecular formula is C37H39ClF3NO5. The Balaban J connectivity index is 1.91. The molecule has 0 atom stereocenters. The molecule has 0 bridgehead atoms. The topological polar surface area (TPSA) is 69.0 Å². The van der Waals surface area contributed by atoms with Crippen LogP contribution in [0.25, 0.3) is 17.0 Å². The molecule has 6 nitrogen and oxygen atoms in total. The van der Waals surface area contributed by atoms with Crippen molar-refractivity contribution < 1.29 is 31.9 Å². The Hall–Kier alpha value is -4.08. The van der Waals surface area contributed by atoms with Gasteiger partial charge in [-0.25, -0.2) is 4.79 Å². The molecule has 0 fully saturated rings. The first-order valence-electron chi connectivity index (χ1n) is 15.4. The summed E-state index contributed by atoms with van der Waals surface area (Å²) < 4.78 is 60.9. The van der Waals surface area contributed by atoms with Gasteiger partial charge in [-0.3, -0.25) is 9.69 Å². The number of esters is 1. The summed E-state index contributed by atoms with van der Waals surface area (Å²) in [5.41, 5.74) is 1.55. The van der Waals surface area contributed by atoms with Crippen molar-refractivity contribution in [2.75, 3.05) is 13.1 Å². The standard InChI is InChI=1S/C37H39ClF3NO5/c1-21(2)18-42(19-22(3)4)20-28-30(45-32(43)15-12-26-10-8-9-11-29(26)38)14-13-27-33(44)35(36(37(39,40)41)47-34(27)28)46-31-17-23(5)16-24(6)25(31)7/h8-17,21-22H,18-20H2,1-7H3/b15-12+. The number of carbonyl (C=O) groups excluding carboxylic acids is 1. The number of hydrogen-bond acceptors (Lipinski definition) is 6. The summed E-state index contributed by atoms with van der Waals surface area (Å²) in [6, 6.07) is 13.0. The van der Waals surface area contributed by atoms with E-state index < -0.39 is 29.1 Å². The van der Waals surface area contributed by atoms with E-state index in [2.05, 4.69) is 0 Å². The molecule has 0 amide bonds. The second-order valence-corrected chi connectivity index (χ2v) is 13.0. The fraction of sp³-hybridized carbons (Fsp3) is 0.351. The molecule has 4 aromatic rings. The maximum Gasteiger partial charge on any atom is 0.453 e. The van der Waals surface area contributed by atoms with Crippen molar-refractivity contribution in [3.05, 3.63) is 103 Å². The Bertz CT molecular complexity index is 1850. The van der Waals surface area contributed by atoms with Crippen LogP contribution in [-0.4, -0.2) is 24.0 Å². The third-order valence-electron chi connectivity index (χ3n) is 7.46. The monoisotopic (exact) mass is 669 g/mol. The van der Waals surface area contributed by atoms with Gasteiger partial charge in [-0.15, -0.1) is 0 Å². The molecule has 3 aromatic carbocycles. The average molecular weight is 670 g/mol. The van der Waals surface area contributed by atoms with Gasteiger partial charge in [0.25, 0.3) is 5.76 Å². The number of alkyl halides is 3. The van der Waals surface area contributed by atoms with Crippen LogP contribution in [0.2, 0.25) is 5.02 Å². The van der Waals surface area contributed by atoms with Gasteiger partial charge in [0.15, 0.2) is 0 Å². The molecule has 0 radical (unpaired) electrons. The quantitative estimate of drug-likeness (QED) is 0.0900. The second kappa shape index (κ2) is 14.8. The first kappa shape index (κ1) is 35.8. The summed E-state index contributed by atoms with van der Waals surface area (Å²) in [4.78, 5) is 28.9. The minimum Gasteiger partial charge on any atom is -0.449 e. The van der Waals surface area contributed by atoms with E-state index in [0.29, 0.717) is 29.2 Å². The van der Waals surface area contributed by atoms with Crippen LogP contribution in [0, 0.1) is 32.6 Å². The highest BCUT2D eigenvalue weighted by Gasteiger charge is 2.41. The van der Waals surface area contributed by atoms with Crippen LogP contribution in [0.3, 0.4) is 0 Å². The Kier molecular flexibility index (Phi) is 11.2. The highest BCUT2D eigenvalue weighted by molar-refractivity contribution is 6.32. The molecule has 0 aliphatic carbocycles. The van der Waals surface area contributed by atoms with Crippen LogP contribution in [0.1, 0.15) is 61.3 Å². The number of carbonyl (C=O) groups is 1. The summed E-state index contributed by atoms with van der Waals surface area (Å²) in [5, 5.41) is 0.293. The van der Waals surface area contributed by atoms with Gasteiger partial charge in [-0.2, -0.15) is 13.2 Å². The van der Waals surface area contributed by atoms with Crippen LogP contribution in [0.5, 0.6) is 17.2 Å². The molecule has 4 rings (SSSR count). The highest BCUT2D eigenvalue weighted by atomic mass is 35.5. The summed E-state index contributed by atoms with van der Waals surface area (Å²) in [6.07, 6.45) is -2.42. The van der Waals surface area contributed by atoms with E-state index in [9.17, 15) is 22.8 Å². The zero-order valence-electron chi connectivity index (χ0n) is 27.5. The number of aryl methyl sites for hydroxylation is 2. The molecule has 250 valence electrons. The minimum absolute atomic E-state index is 0.0288. The van der Waals surface area contributed by atoms with E-state index in [-0.39, 0.29) is 46.4 Å². The molecule has 0 spiro atoms. The molecule has 10 heteroatoms. The average Bonchev–Trinajstić information content (AvgIpc) is 2.96. The third kappa shape index (κ3) is 8.84. The molecule has 1 aromatic heterocycles. The molecule has 0 unspecified atom stereocenters. The Morgan fingerprint density at radius 2 is 1.64 bits per heavy atom. The van der Waals surface area contributed by atoms with Crippen molar-refractivity contribution in [2.24, 2.45) is 11.8 Å². The highest BCUT2D eigenvalue weighted by Crippen LogP contribution is 2.41. The summed E-state index contributed by atoms with van der Waals surface area (Å²) in [7, 11) is 0. The fourth-order valence-corrected chi connectivity index (χ4v) is 5.59. The third-order valence-corrected chi connectivity index (χ3v) is 7.80. The normalized spacial score (nSPS) is 12.2. The van der Waals surface area contributed by atoms with Crippen molar-refractivity contribution in [1.29, 1.82) is 0 Å². The number of rotatable bonds is 11. The second-order valence-electron chi connectivity index (χ2n) is 12.6. The van der Waals surface area contributed by atoms with E-state index in [1.807, 2.05) is 45.6 Å². The van der Waals surface area contributed by atoms with Crippen molar-refractivity contribution in [2.45, 2.75) is 61.2 Å². The number of fused-ring (bicyclic) bond motifs is 1. The van der Waals surface area contributed by atoms with E-state index in [0.717, 1.165) is 11.1 Å². The molecule has 0 saturated heterocycles. The van der Waals surface area contributed by atoms with E-state index in [1.54, 1.807) is 44.2 Å². The van der Waals surface area contributed by atoms with Gasteiger partial charge in [0.1, 0.15) is 17.1 Å². The number of nitrogens with zero attached hydrogens (tertiary/aromatic N) is 1. The molecular weight excluding hydrogens is 631 g/mol. The Labute approximate surface area is 277 Å². The van der Waals surface area contributed by atoms with Gasteiger partial charge >= 0.3 is 12.1 Å². The fourth-order valence-electron chi connectivity index (χ4n) is 5.39. The molecule has 0 aliphatic rings. The van der Waals surface area contributed by atoms with E-state index >= 15 is 0 Å². The van der Waals surface area contributed by atoms with Crippen LogP contribution in [-0.2, 0) is 17.5 Å².